The molecule has 1 heterocycles. The van der Waals surface area contributed by atoms with Crippen molar-refractivity contribution < 1.29 is 5.11 Å². The Labute approximate surface area is 106 Å². The van der Waals surface area contributed by atoms with Crippen LogP contribution in [0.2, 0.25) is 0 Å². The van der Waals surface area contributed by atoms with Crippen LogP contribution in [0.1, 0.15) is 36.0 Å². The fraction of sp³-hybridized carbons (Fsp3) is 0.286. The second-order valence-corrected chi connectivity index (χ2v) is 4.29. The van der Waals surface area contributed by atoms with E-state index in [4.69, 9.17) is 5.26 Å². The molecule has 0 saturated heterocycles. The zero-order valence-electron chi connectivity index (χ0n) is 10.5. The predicted octanol–water partition coefficient (Wildman–Crippen LogP) is 2.54. The molecule has 1 aromatic heterocycles. The van der Waals surface area contributed by atoms with Crippen LogP contribution < -0.4 is 0 Å². The molecule has 1 atom stereocenters. The normalized spacial score (nSPS) is 12.1. The summed E-state index contributed by atoms with van der Waals surface area (Å²) in [4.78, 5) is 0. The number of benzene rings is 1. The summed E-state index contributed by atoms with van der Waals surface area (Å²) in [6, 6.07) is 7.08. The van der Waals surface area contributed by atoms with E-state index in [1.54, 1.807) is 10.7 Å². The van der Waals surface area contributed by atoms with Crippen molar-refractivity contribution in [3.05, 3.63) is 47.3 Å². The van der Waals surface area contributed by atoms with Crippen LogP contribution in [0.15, 0.2) is 30.6 Å². The first-order chi connectivity index (χ1) is 8.65. The molecule has 4 heteroatoms. The lowest BCUT2D eigenvalue weighted by Gasteiger charge is -2.15. The Morgan fingerprint density at radius 3 is 2.83 bits per heavy atom. The summed E-state index contributed by atoms with van der Waals surface area (Å²) in [5, 5.41) is 22.8. The summed E-state index contributed by atoms with van der Waals surface area (Å²) in [7, 11) is 1.87. The van der Waals surface area contributed by atoms with Crippen LogP contribution >= 0.6 is 0 Å². The third kappa shape index (κ3) is 2.21. The second-order valence-electron chi connectivity index (χ2n) is 4.29. The molecule has 0 aliphatic rings. The number of hydrogen-bond acceptors (Lipinski definition) is 3. The van der Waals surface area contributed by atoms with Gasteiger partial charge in [-0.1, -0.05) is 13.0 Å². The van der Waals surface area contributed by atoms with E-state index in [0.29, 0.717) is 5.56 Å². The van der Waals surface area contributed by atoms with E-state index in [2.05, 4.69) is 18.1 Å². The van der Waals surface area contributed by atoms with Crippen LogP contribution in [-0.4, -0.2) is 14.9 Å². The highest BCUT2D eigenvalue weighted by Crippen LogP contribution is 2.31. The maximum atomic E-state index is 9.43. The van der Waals surface area contributed by atoms with Gasteiger partial charge in [0.15, 0.2) is 0 Å². The predicted molar refractivity (Wildman–Crippen MR) is 68.2 cm³/mol. The molecule has 0 saturated carbocycles. The van der Waals surface area contributed by atoms with Gasteiger partial charge in [-0.05, 0) is 29.7 Å². The molecule has 0 aliphatic heterocycles. The molecule has 0 radical (unpaired) electrons. The fourth-order valence-electron chi connectivity index (χ4n) is 2.20. The first-order valence-electron chi connectivity index (χ1n) is 5.87. The van der Waals surface area contributed by atoms with Gasteiger partial charge in [0.2, 0.25) is 0 Å². The van der Waals surface area contributed by atoms with Gasteiger partial charge in [0.25, 0.3) is 0 Å². The Kier molecular flexibility index (Phi) is 3.33. The average Bonchev–Trinajstić information content (AvgIpc) is 2.78. The number of aromatic hydroxyl groups is 1. The molecule has 2 aromatic rings. The Bertz CT molecular complexity index is 595. The Hall–Kier alpha value is -2.28. The van der Waals surface area contributed by atoms with Crippen molar-refractivity contribution in [2.24, 2.45) is 7.05 Å². The molecular weight excluding hydrogens is 226 g/mol. The van der Waals surface area contributed by atoms with E-state index in [0.717, 1.165) is 17.5 Å². The molecule has 0 spiro atoms. The number of nitrogens with zero attached hydrogens (tertiary/aromatic N) is 3. The molecule has 0 bridgehead atoms. The maximum absolute atomic E-state index is 9.43. The number of nitriles is 1. The summed E-state index contributed by atoms with van der Waals surface area (Å²) in [6.07, 6.45) is 4.66. The molecule has 92 valence electrons. The summed E-state index contributed by atoms with van der Waals surface area (Å²) >= 11 is 0. The van der Waals surface area contributed by atoms with Gasteiger partial charge in [-0.3, -0.25) is 4.68 Å². The lowest BCUT2D eigenvalue weighted by atomic mass is 9.88. The second kappa shape index (κ2) is 4.92. The maximum Gasteiger partial charge on any atom is 0.116 e. The highest BCUT2D eigenvalue weighted by Gasteiger charge is 2.17. The van der Waals surface area contributed by atoms with Gasteiger partial charge in [0, 0.05) is 19.2 Å². The number of aryl methyl sites for hydroxylation is 1. The Balaban J connectivity index is 2.49. The van der Waals surface area contributed by atoms with E-state index >= 15 is 0 Å². The van der Waals surface area contributed by atoms with Crippen molar-refractivity contribution in [2.45, 2.75) is 19.3 Å². The van der Waals surface area contributed by atoms with Crippen molar-refractivity contribution in [2.75, 3.05) is 0 Å². The summed E-state index contributed by atoms with van der Waals surface area (Å²) in [5.41, 5.74) is 2.54. The number of rotatable bonds is 3. The Morgan fingerprint density at radius 2 is 2.28 bits per heavy atom. The van der Waals surface area contributed by atoms with Crippen LogP contribution in [0.5, 0.6) is 5.75 Å². The van der Waals surface area contributed by atoms with Gasteiger partial charge in [0.1, 0.15) is 5.75 Å². The van der Waals surface area contributed by atoms with Crippen LogP contribution in [0, 0.1) is 11.3 Å². The molecule has 18 heavy (non-hydrogen) atoms. The number of phenols is 1. The van der Waals surface area contributed by atoms with Gasteiger partial charge in [0.05, 0.1) is 17.8 Å². The first kappa shape index (κ1) is 12.2. The van der Waals surface area contributed by atoms with Crippen molar-refractivity contribution >= 4 is 0 Å². The van der Waals surface area contributed by atoms with Crippen LogP contribution in [0.3, 0.4) is 0 Å². The SMILES string of the molecule is CC[C@@H](c1cnn(C)c1)c1ccc(O)cc1C#N. The van der Waals surface area contributed by atoms with Gasteiger partial charge >= 0.3 is 0 Å². The van der Waals surface area contributed by atoms with Gasteiger partial charge in [-0.2, -0.15) is 10.4 Å². The quantitative estimate of drug-likeness (QED) is 0.898. The fourth-order valence-corrected chi connectivity index (χ4v) is 2.20. The molecule has 0 unspecified atom stereocenters. The largest absolute Gasteiger partial charge is 0.508 e. The van der Waals surface area contributed by atoms with Crippen LogP contribution in [0.4, 0.5) is 0 Å². The summed E-state index contributed by atoms with van der Waals surface area (Å²) < 4.78 is 1.75. The van der Waals surface area contributed by atoms with E-state index in [-0.39, 0.29) is 11.7 Å². The van der Waals surface area contributed by atoms with Gasteiger partial charge in [-0.15, -0.1) is 0 Å². The molecule has 0 aliphatic carbocycles. The standard InChI is InChI=1S/C14H15N3O/c1-3-13(11-8-16-17(2)9-11)14-5-4-12(18)6-10(14)7-15/h4-6,8-9,13,18H,3H2,1-2H3/t13-/m0/s1. The van der Waals surface area contributed by atoms with Gasteiger partial charge in [-0.25, -0.2) is 0 Å². The van der Waals surface area contributed by atoms with Crippen LogP contribution in [0.25, 0.3) is 0 Å². The van der Waals surface area contributed by atoms with E-state index < -0.39 is 0 Å². The molecule has 1 N–H and O–H groups in total. The first-order valence-corrected chi connectivity index (χ1v) is 5.87. The van der Waals surface area contributed by atoms with Gasteiger partial charge < -0.3 is 5.11 Å². The zero-order chi connectivity index (χ0) is 13.1. The molecule has 1 aromatic carbocycles. The molecule has 4 nitrogen and oxygen atoms in total. The number of phenolic OH excluding ortho intramolecular Hbond substituents is 1. The third-order valence-electron chi connectivity index (χ3n) is 3.07. The topological polar surface area (TPSA) is 61.8 Å². The zero-order valence-corrected chi connectivity index (χ0v) is 10.5. The minimum atomic E-state index is 0.122. The highest BCUT2D eigenvalue weighted by atomic mass is 16.3. The van der Waals surface area contributed by atoms with Crippen molar-refractivity contribution in [3.8, 4) is 11.8 Å². The van der Waals surface area contributed by atoms with Crippen molar-refractivity contribution in [1.29, 1.82) is 5.26 Å². The highest BCUT2D eigenvalue weighted by molar-refractivity contribution is 5.47. The lowest BCUT2D eigenvalue weighted by molar-refractivity contribution is 0.474. The molecule has 0 fully saturated rings. The molecule has 2 rings (SSSR count). The smallest absolute Gasteiger partial charge is 0.116 e. The number of hydrogen-bond donors (Lipinski definition) is 1. The summed E-state index contributed by atoms with van der Waals surface area (Å²) in [5.74, 6) is 0.255. The lowest BCUT2D eigenvalue weighted by Crippen LogP contribution is -2.01. The monoisotopic (exact) mass is 241 g/mol. The van der Waals surface area contributed by atoms with Crippen LogP contribution in [-0.2, 0) is 7.05 Å². The van der Waals surface area contributed by atoms with Crippen molar-refractivity contribution in [3.63, 3.8) is 0 Å². The Morgan fingerprint density at radius 1 is 1.50 bits per heavy atom. The van der Waals surface area contributed by atoms with E-state index in [1.807, 2.05) is 25.5 Å². The average molecular weight is 241 g/mol. The van der Waals surface area contributed by atoms with E-state index in [1.165, 1.54) is 6.07 Å². The molecular formula is C14H15N3O. The summed E-state index contributed by atoms with van der Waals surface area (Å²) in [6.45, 7) is 2.08. The van der Waals surface area contributed by atoms with Crippen molar-refractivity contribution in [1.82, 2.24) is 9.78 Å². The minimum absolute atomic E-state index is 0.122. The molecule has 0 amide bonds. The third-order valence-corrected chi connectivity index (χ3v) is 3.07. The minimum Gasteiger partial charge on any atom is -0.508 e. The van der Waals surface area contributed by atoms with E-state index in [9.17, 15) is 5.11 Å². The number of aromatic nitrogens is 2.